The largest absolute Gasteiger partial charge is 0.453 e. The summed E-state index contributed by atoms with van der Waals surface area (Å²) in [5, 5.41) is 2.34. The van der Waals surface area contributed by atoms with Crippen LogP contribution in [0.1, 0.15) is 17.3 Å². The number of benzene rings is 1. The Bertz CT molecular complexity index is 532. The molecule has 1 N–H and O–H groups in total. The fourth-order valence-corrected chi connectivity index (χ4v) is 1.91. The van der Waals surface area contributed by atoms with E-state index in [1.807, 2.05) is 0 Å². The van der Waals surface area contributed by atoms with Crippen LogP contribution >= 0.6 is 15.9 Å². The molecule has 1 heterocycles. The molecular formula is C11H9BrFNO4. The Morgan fingerprint density at radius 2 is 2.22 bits per heavy atom. The van der Waals surface area contributed by atoms with Gasteiger partial charge in [0.1, 0.15) is 0 Å². The zero-order valence-electron chi connectivity index (χ0n) is 9.38. The number of amides is 1. The van der Waals surface area contributed by atoms with Crippen LogP contribution in [0.3, 0.4) is 0 Å². The molecule has 0 aromatic heterocycles. The van der Waals surface area contributed by atoms with Gasteiger partial charge in [-0.1, -0.05) is 15.9 Å². The lowest BCUT2D eigenvalue weighted by molar-refractivity contribution is -0.114. The Labute approximate surface area is 110 Å². The molecule has 0 saturated carbocycles. The summed E-state index contributed by atoms with van der Waals surface area (Å²) in [7, 11) is 0. The van der Waals surface area contributed by atoms with Gasteiger partial charge >= 0.3 is 0 Å². The van der Waals surface area contributed by atoms with Gasteiger partial charge in [0.2, 0.25) is 18.4 Å². The minimum Gasteiger partial charge on any atom is -0.453 e. The van der Waals surface area contributed by atoms with Gasteiger partial charge < -0.3 is 14.8 Å². The maximum absolute atomic E-state index is 14.1. The predicted molar refractivity (Wildman–Crippen MR) is 65.0 cm³/mol. The van der Waals surface area contributed by atoms with Gasteiger partial charge in [0.15, 0.2) is 17.3 Å². The van der Waals surface area contributed by atoms with Crippen LogP contribution in [0.4, 0.5) is 10.1 Å². The molecule has 1 aliphatic heterocycles. The topological polar surface area (TPSA) is 64.6 Å². The van der Waals surface area contributed by atoms with Gasteiger partial charge in [-0.15, -0.1) is 0 Å². The normalized spacial score (nSPS) is 12.4. The summed E-state index contributed by atoms with van der Waals surface area (Å²) in [6.07, 6.45) is 0. The first-order valence-electron chi connectivity index (χ1n) is 5.03. The van der Waals surface area contributed by atoms with Crippen LogP contribution in [-0.2, 0) is 4.79 Å². The monoisotopic (exact) mass is 317 g/mol. The van der Waals surface area contributed by atoms with E-state index in [4.69, 9.17) is 9.47 Å². The molecule has 7 heteroatoms. The predicted octanol–water partition coefficient (Wildman–Crippen LogP) is 2.09. The minimum absolute atomic E-state index is 0.0594. The first-order valence-corrected chi connectivity index (χ1v) is 6.15. The molecule has 18 heavy (non-hydrogen) atoms. The first-order chi connectivity index (χ1) is 8.54. The van der Waals surface area contributed by atoms with E-state index in [2.05, 4.69) is 21.2 Å². The summed E-state index contributed by atoms with van der Waals surface area (Å²) >= 11 is 2.97. The summed E-state index contributed by atoms with van der Waals surface area (Å²) in [5.74, 6) is -1.65. The van der Waals surface area contributed by atoms with Crippen LogP contribution in [0.2, 0.25) is 0 Å². The highest BCUT2D eigenvalue weighted by molar-refractivity contribution is 9.09. The highest BCUT2D eigenvalue weighted by atomic mass is 79.9. The van der Waals surface area contributed by atoms with E-state index in [0.717, 1.165) is 0 Å². The lowest BCUT2D eigenvalue weighted by atomic mass is 10.1. The number of alkyl halides is 1. The van der Waals surface area contributed by atoms with Gasteiger partial charge in [-0.2, -0.15) is 0 Å². The Kier molecular flexibility index (Phi) is 3.51. The number of halogens is 2. The molecule has 0 unspecified atom stereocenters. The number of anilines is 1. The number of hydrogen-bond acceptors (Lipinski definition) is 4. The second-order valence-electron chi connectivity index (χ2n) is 3.58. The average Bonchev–Trinajstić information content (AvgIpc) is 2.76. The van der Waals surface area contributed by atoms with E-state index in [1.54, 1.807) is 0 Å². The number of carbonyl (C=O) groups is 2. The Morgan fingerprint density at radius 3 is 2.83 bits per heavy atom. The number of Topliss-reactive ketones (excluding diaryl/α,β-unsaturated/α-hetero) is 1. The molecule has 0 spiro atoms. The summed E-state index contributed by atoms with van der Waals surface area (Å²) in [6.45, 7) is 1.16. The zero-order valence-corrected chi connectivity index (χ0v) is 11.0. The van der Waals surface area contributed by atoms with E-state index in [9.17, 15) is 14.0 Å². The van der Waals surface area contributed by atoms with Crippen molar-refractivity contribution in [1.29, 1.82) is 0 Å². The number of fused-ring (bicyclic) bond motifs is 1. The maximum atomic E-state index is 14.1. The fourth-order valence-electron chi connectivity index (χ4n) is 1.63. The molecule has 0 saturated heterocycles. The second kappa shape index (κ2) is 4.93. The number of hydrogen-bond donors (Lipinski definition) is 1. The molecule has 1 aromatic carbocycles. The molecule has 0 atom stereocenters. The van der Waals surface area contributed by atoms with Crippen LogP contribution in [0.5, 0.6) is 11.5 Å². The maximum Gasteiger partial charge on any atom is 0.231 e. The first kappa shape index (κ1) is 12.8. The summed E-state index contributed by atoms with van der Waals surface area (Å²) < 4.78 is 24.1. The van der Waals surface area contributed by atoms with Crippen molar-refractivity contribution < 1.29 is 23.5 Å². The molecule has 0 fully saturated rings. The molecule has 96 valence electrons. The molecule has 1 amide bonds. The van der Waals surface area contributed by atoms with Gasteiger partial charge in [-0.05, 0) is 0 Å². The third kappa shape index (κ3) is 2.17. The highest BCUT2D eigenvalue weighted by Crippen LogP contribution is 2.40. The SMILES string of the molecule is CC(=O)Nc1cc2c(c(F)c1C(=O)CBr)OCO2. The highest BCUT2D eigenvalue weighted by Gasteiger charge is 2.28. The third-order valence-corrected chi connectivity index (χ3v) is 2.83. The number of ether oxygens (including phenoxy) is 2. The van der Waals surface area contributed by atoms with Crippen molar-refractivity contribution in [2.45, 2.75) is 6.92 Å². The molecule has 0 aliphatic carbocycles. The van der Waals surface area contributed by atoms with Crippen molar-refractivity contribution in [1.82, 2.24) is 0 Å². The number of ketones is 1. The quantitative estimate of drug-likeness (QED) is 0.685. The van der Waals surface area contributed by atoms with Crippen molar-refractivity contribution in [2.75, 3.05) is 17.4 Å². The van der Waals surface area contributed by atoms with Crippen LogP contribution in [0.15, 0.2) is 6.07 Å². The Hall–Kier alpha value is -1.63. The smallest absolute Gasteiger partial charge is 0.231 e. The summed E-state index contributed by atoms with van der Waals surface area (Å²) in [4.78, 5) is 22.8. The van der Waals surface area contributed by atoms with Crippen molar-refractivity contribution in [3.8, 4) is 11.5 Å². The fraction of sp³-hybridized carbons (Fsp3) is 0.273. The summed E-state index contributed by atoms with van der Waals surface area (Å²) in [6, 6.07) is 1.38. The van der Waals surface area contributed by atoms with E-state index < -0.39 is 17.5 Å². The van der Waals surface area contributed by atoms with E-state index >= 15 is 0 Å². The molecular weight excluding hydrogens is 309 g/mol. The summed E-state index contributed by atoms with van der Waals surface area (Å²) in [5.41, 5.74) is -0.139. The minimum atomic E-state index is -0.821. The molecule has 5 nitrogen and oxygen atoms in total. The van der Waals surface area contributed by atoms with Crippen LogP contribution in [0.25, 0.3) is 0 Å². The lowest BCUT2D eigenvalue weighted by Crippen LogP contribution is -2.13. The van der Waals surface area contributed by atoms with Gasteiger partial charge in [0, 0.05) is 13.0 Å². The van der Waals surface area contributed by atoms with Crippen LogP contribution < -0.4 is 14.8 Å². The van der Waals surface area contributed by atoms with E-state index in [-0.39, 0.29) is 34.9 Å². The molecule has 1 aliphatic rings. The molecule has 0 radical (unpaired) electrons. The Morgan fingerprint density at radius 1 is 1.50 bits per heavy atom. The standard InChI is InChI=1S/C11H9BrFNO4/c1-5(15)14-6-2-8-11(18-4-17-8)10(13)9(6)7(16)3-12/h2H,3-4H2,1H3,(H,14,15). The molecule has 0 bridgehead atoms. The number of carbonyl (C=O) groups excluding carboxylic acids is 2. The van der Waals surface area contributed by atoms with Gasteiger partial charge in [0.05, 0.1) is 16.6 Å². The number of rotatable bonds is 3. The second-order valence-corrected chi connectivity index (χ2v) is 4.15. The van der Waals surface area contributed by atoms with Gasteiger partial charge in [0.25, 0.3) is 0 Å². The van der Waals surface area contributed by atoms with Crippen molar-refractivity contribution >= 4 is 33.3 Å². The van der Waals surface area contributed by atoms with E-state index in [1.165, 1.54) is 13.0 Å². The van der Waals surface area contributed by atoms with E-state index in [0.29, 0.717) is 0 Å². The number of nitrogens with one attached hydrogen (secondary N) is 1. The van der Waals surface area contributed by atoms with Crippen LogP contribution in [-0.4, -0.2) is 23.8 Å². The van der Waals surface area contributed by atoms with Crippen molar-refractivity contribution in [2.24, 2.45) is 0 Å². The van der Waals surface area contributed by atoms with Crippen molar-refractivity contribution in [3.63, 3.8) is 0 Å². The van der Waals surface area contributed by atoms with Crippen molar-refractivity contribution in [3.05, 3.63) is 17.4 Å². The van der Waals surface area contributed by atoms with Gasteiger partial charge in [-0.3, -0.25) is 9.59 Å². The van der Waals surface area contributed by atoms with Gasteiger partial charge in [-0.25, -0.2) is 4.39 Å². The zero-order chi connectivity index (χ0) is 13.3. The lowest BCUT2D eigenvalue weighted by Gasteiger charge is -2.11. The molecule has 2 rings (SSSR count). The molecule has 1 aromatic rings. The average molecular weight is 318 g/mol. The third-order valence-electron chi connectivity index (χ3n) is 2.32. The van der Waals surface area contributed by atoms with Crippen LogP contribution in [0, 0.1) is 5.82 Å². The Balaban J connectivity index is 2.59.